The van der Waals surface area contributed by atoms with Crippen LogP contribution in [0.3, 0.4) is 0 Å². The molecule has 1 saturated heterocycles. The molecule has 1 aromatic rings. The van der Waals surface area contributed by atoms with E-state index < -0.39 is 0 Å². The summed E-state index contributed by atoms with van der Waals surface area (Å²) in [5.41, 5.74) is 5.86. The van der Waals surface area contributed by atoms with Crippen molar-refractivity contribution in [1.29, 1.82) is 0 Å². The highest BCUT2D eigenvalue weighted by atomic mass is 16.5. The summed E-state index contributed by atoms with van der Waals surface area (Å²) in [6.07, 6.45) is 0.430. The van der Waals surface area contributed by atoms with Gasteiger partial charge in [-0.1, -0.05) is 13.8 Å². The van der Waals surface area contributed by atoms with Gasteiger partial charge in [-0.25, -0.2) is 9.97 Å². The fourth-order valence-electron chi connectivity index (χ4n) is 2.26. The molecule has 0 spiro atoms. The quantitative estimate of drug-likeness (QED) is 0.867. The van der Waals surface area contributed by atoms with Gasteiger partial charge in [0.1, 0.15) is 17.5 Å². The number of nitrogens with zero attached hydrogens (tertiary/aromatic N) is 3. The fourth-order valence-corrected chi connectivity index (χ4v) is 2.26. The maximum absolute atomic E-state index is 5.86. The van der Waals surface area contributed by atoms with Crippen molar-refractivity contribution in [2.45, 2.75) is 45.8 Å². The highest BCUT2D eigenvalue weighted by Gasteiger charge is 2.24. The number of hydrogen-bond donors (Lipinski definition) is 1. The lowest BCUT2D eigenvalue weighted by Crippen LogP contribution is -2.46. The molecule has 0 amide bonds. The lowest BCUT2D eigenvalue weighted by Gasteiger charge is -2.36. The summed E-state index contributed by atoms with van der Waals surface area (Å²) in [5.74, 6) is 2.53. The summed E-state index contributed by atoms with van der Waals surface area (Å²) < 4.78 is 5.73. The van der Waals surface area contributed by atoms with Crippen molar-refractivity contribution in [3.05, 3.63) is 11.9 Å². The number of morpholine rings is 1. The van der Waals surface area contributed by atoms with E-state index >= 15 is 0 Å². The van der Waals surface area contributed by atoms with Gasteiger partial charge in [0.15, 0.2) is 0 Å². The van der Waals surface area contributed by atoms with Gasteiger partial charge in [-0.15, -0.1) is 0 Å². The van der Waals surface area contributed by atoms with Crippen LogP contribution in [0, 0.1) is 0 Å². The Morgan fingerprint density at radius 3 is 2.44 bits per heavy atom. The lowest BCUT2D eigenvalue weighted by molar-refractivity contribution is -0.00547. The molecule has 0 bridgehead atoms. The molecule has 18 heavy (non-hydrogen) atoms. The first-order valence-electron chi connectivity index (χ1n) is 6.50. The van der Waals surface area contributed by atoms with Crippen molar-refractivity contribution >= 4 is 11.6 Å². The molecular weight excluding hydrogens is 228 g/mol. The van der Waals surface area contributed by atoms with Gasteiger partial charge in [-0.05, 0) is 13.8 Å². The number of aromatic nitrogens is 2. The van der Waals surface area contributed by atoms with E-state index in [0.717, 1.165) is 24.7 Å². The molecule has 2 N–H and O–H groups in total. The molecule has 1 fully saturated rings. The fraction of sp³-hybridized carbons (Fsp3) is 0.692. The Morgan fingerprint density at radius 1 is 1.28 bits per heavy atom. The average Bonchev–Trinajstić information content (AvgIpc) is 2.26. The van der Waals surface area contributed by atoms with Gasteiger partial charge in [0, 0.05) is 25.1 Å². The number of rotatable bonds is 2. The molecule has 100 valence electrons. The SMILES string of the molecule is CC(C)c1nc(N)cc(N2C[C@@H](C)O[C@@H](C)C2)n1. The monoisotopic (exact) mass is 250 g/mol. The maximum atomic E-state index is 5.86. The summed E-state index contributed by atoms with van der Waals surface area (Å²) >= 11 is 0. The minimum Gasteiger partial charge on any atom is -0.384 e. The highest BCUT2D eigenvalue weighted by molar-refractivity contribution is 5.47. The van der Waals surface area contributed by atoms with Crippen LogP contribution in [0.1, 0.15) is 39.4 Å². The molecular formula is C13H22N4O. The predicted molar refractivity (Wildman–Crippen MR) is 72.8 cm³/mol. The van der Waals surface area contributed by atoms with Crippen molar-refractivity contribution in [3.8, 4) is 0 Å². The van der Waals surface area contributed by atoms with Crippen LogP contribution in [-0.4, -0.2) is 35.3 Å². The lowest BCUT2D eigenvalue weighted by atomic mass is 10.2. The van der Waals surface area contributed by atoms with Crippen molar-refractivity contribution in [3.63, 3.8) is 0 Å². The van der Waals surface area contributed by atoms with Crippen molar-refractivity contribution in [2.75, 3.05) is 23.7 Å². The number of nitrogen functional groups attached to an aromatic ring is 1. The van der Waals surface area contributed by atoms with Gasteiger partial charge in [-0.3, -0.25) is 0 Å². The van der Waals surface area contributed by atoms with E-state index in [1.807, 2.05) is 6.07 Å². The Labute approximate surface area is 108 Å². The molecule has 5 heteroatoms. The van der Waals surface area contributed by atoms with Gasteiger partial charge in [-0.2, -0.15) is 0 Å². The molecule has 0 aliphatic carbocycles. The number of hydrogen-bond acceptors (Lipinski definition) is 5. The summed E-state index contributed by atoms with van der Waals surface area (Å²) in [6, 6.07) is 1.84. The van der Waals surface area contributed by atoms with E-state index in [4.69, 9.17) is 10.5 Å². The summed E-state index contributed by atoms with van der Waals surface area (Å²) in [6.45, 7) is 10.00. The van der Waals surface area contributed by atoms with Gasteiger partial charge in [0.2, 0.25) is 0 Å². The minimum atomic E-state index is 0.215. The van der Waals surface area contributed by atoms with E-state index in [1.165, 1.54) is 0 Å². The predicted octanol–water partition coefficient (Wildman–Crippen LogP) is 1.80. The Kier molecular flexibility index (Phi) is 3.71. The molecule has 1 aromatic heterocycles. The summed E-state index contributed by atoms with van der Waals surface area (Å²) in [4.78, 5) is 11.1. The van der Waals surface area contributed by atoms with Gasteiger partial charge < -0.3 is 15.4 Å². The Morgan fingerprint density at radius 2 is 1.89 bits per heavy atom. The second-order valence-corrected chi connectivity index (χ2v) is 5.33. The first-order chi connectivity index (χ1) is 8.45. The first-order valence-corrected chi connectivity index (χ1v) is 6.50. The van der Waals surface area contributed by atoms with Crippen LogP contribution in [0.5, 0.6) is 0 Å². The smallest absolute Gasteiger partial charge is 0.135 e. The topological polar surface area (TPSA) is 64.3 Å². The molecule has 0 unspecified atom stereocenters. The Balaban J connectivity index is 2.26. The van der Waals surface area contributed by atoms with E-state index in [1.54, 1.807) is 0 Å². The molecule has 5 nitrogen and oxygen atoms in total. The van der Waals surface area contributed by atoms with Gasteiger partial charge in [0.25, 0.3) is 0 Å². The van der Waals surface area contributed by atoms with E-state index in [0.29, 0.717) is 5.82 Å². The average molecular weight is 250 g/mol. The number of anilines is 2. The molecule has 2 atom stereocenters. The standard InChI is InChI=1S/C13H22N4O/c1-8(2)13-15-11(14)5-12(16-13)17-6-9(3)18-10(4)7-17/h5,8-10H,6-7H2,1-4H3,(H2,14,15,16)/t9-,10+. The van der Waals surface area contributed by atoms with Crippen LogP contribution in [0.4, 0.5) is 11.6 Å². The second kappa shape index (κ2) is 5.10. The third-order valence-electron chi connectivity index (χ3n) is 3.01. The summed E-state index contributed by atoms with van der Waals surface area (Å²) in [5, 5.41) is 0. The van der Waals surface area contributed by atoms with E-state index in [9.17, 15) is 0 Å². The molecule has 2 rings (SSSR count). The zero-order valence-corrected chi connectivity index (χ0v) is 11.6. The van der Waals surface area contributed by atoms with Crippen LogP contribution < -0.4 is 10.6 Å². The van der Waals surface area contributed by atoms with Gasteiger partial charge in [0.05, 0.1) is 12.2 Å². The maximum Gasteiger partial charge on any atom is 0.135 e. The third-order valence-corrected chi connectivity index (χ3v) is 3.01. The molecule has 0 radical (unpaired) electrons. The summed E-state index contributed by atoms with van der Waals surface area (Å²) in [7, 11) is 0. The second-order valence-electron chi connectivity index (χ2n) is 5.33. The first kappa shape index (κ1) is 13.1. The third kappa shape index (κ3) is 2.90. The number of ether oxygens (including phenoxy) is 1. The normalized spacial score (nSPS) is 24.6. The van der Waals surface area contributed by atoms with Crippen LogP contribution >= 0.6 is 0 Å². The molecule has 0 saturated carbocycles. The Hall–Kier alpha value is -1.36. The van der Waals surface area contributed by atoms with Crippen LogP contribution in [0.15, 0.2) is 6.07 Å². The van der Waals surface area contributed by atoms with Crippen LogP contribution in [-0.2, 0) is 4.74 Å². The molecule has 1 aliphatic rings. The highest BCUT2D eigenvalue weighted by Crippen LogP contribution is 2.22. The molecule has 0 aromatic carbocycles. The number of nitrogens with two attached hydrogens (primary N) is 1. The van der Waals surface area contributed by atoms with Crippen molar-refractivity contribution < 1.29 is 4.74 Å². The zero-order chi connectivity index (χ0) is 13.3. The van der Waals surface area contributed by atoms with Crippen molar-refractivity contribution in [2.24, 2.45) is 0 Å². The van der Waals surface area contributed by atoms with Crippen LogP contribution in [0.2, 0.25) is 0 Å². The van der Waals surface area contributed by atoms with Crippen LogP contribution in [0.25, 0.3) is 0 Å². The molecule has 1 aliphatic heterocycles. The van der Waals surface area contributed by atoms with E-state index in [2.05, 4.69) is 42.6 Å². The van der Waals surface area contributed by atoms with Gasteiger partial charge >= 0.3 is 0 Å². The van der Waals surface area contributed by atoms with E-state index in [-0.39, 0.29) is 18.1 Å². The van der Waals surface area contributed by atoms with Crippen molar-refractivity contribution in [1.82, 2.24) is 9.97 Å². The largest absolute Gasteiger partial charge is 0.384 e. The zero-order valence-electron chi connectivity index (χ0n) is 11.6. The minimum absolute atomic E-state index is 0.215. The Bertz CT molecular complexity index is 411. The molecule has 2 heterocycles.